The number of ether oxygens (including phenoxy) is 1. The first-order chi connectivity index (χ1) is 20.0. The standard InChI is InChI=1S/C30H31F3N6O3/c1-19(2)36-28(40)20-8-11-38(12-9-20)17-24-16-27(35-18-34-24)42-25-6-7-26-21(14-25)10-13-39(26)29(41)37-23-5-3-4-22(15-23)30(31,32)33/h3-7,10,13-16,18-20H,8-9,11-12,17H2,1-2H3,(H,36,40)(H,37,41). The van der Waals surface area contributed by atoms with Gasteiger partial charge in [-0.25, -0.2) is 14.8 Å². The molecule has 1 aliphatic rings. The van der Waals surface area contributed by atoms with Gasteiger partial charge in [-0.05, 0) is 82.2 Å². The number of nitrogens with one attached hydrogen (secondary N) is 2. The highest BCUT2D eigenvalue weighted by Crippen LogP contribution is 2.31. The summed E-state index contributed by atoms with van der Waals surface area (Å²) in [5.74, 6) is 1.02. The highest BCUT2D eigenvalue weighted by Gasteiger charge is 2.30. The Bertz CT molecular complexity index is 1580. The number of benzene rings is 2. The van der Waals surface area contributed by atoms with Crippen LogP contribution in [-0.4, -0.2) is 50.5 Å². The Morgan fingerprint density at radius 1 is 1.05 bits per heavy atom. The van der Waals surface area contributed by atoms with Crippen LogP contribution in [-0.2, 0) is 17.5 Å². The smallest absolute Gasteiger partial charge is 0.416 e. The number of piperidine rings is 1. The van der Waals surface area contributed by atoms with Gasteiger partial charge in [0, 0.05) is 41.8 Å². The van der Waals surface area contributed by atoms with Crippen LogP contribution in [0.4, 0.5) is 23.7 Å². The highest BCUT2D eigenvalue weighted by atomic mass is 19.4. The number of carbonyl (C=O) groups is 2. The summed E-state index contributed by atoms with van der Waals surface area (Å²) >= 11 is 0. The van der Waals surface area contributed by atoms with Gasteiger partial charge in [0.1, 0.15) is 12.1 Å². The molecule has 2 aromatic heterocycles. The zero-order valence-electron chi connectivity index (χ0n) is 23.2. The van der Waals surface area contributed by atoms with Crippen LogP contribution >= 0.6 is 0 Å². The van der Waals surface area contributed by atoms with Gasteiger partial charge in [0.15, 0.2) is 0 Å². The van der Waals surface area contributed by atoms with Gasteiger partial charge in [0.25, 0.3) is 0 Å². The molecular weight excluding hydrogens is 549 g/mol. The molecule has 2 N–H and O–H groups in total. The molecule has 1 saturated heterocycles. The molecule has 12 heteroatoms. The molecular formula is C30H31F3N6O3. The lowest BCUT2D eigenvalue weighted by atomic mass is 9.95. The van der Waals surface area contributed by atoms with Crippen molar-refractivity contribution in [2.24, 2.45) is 5.92 Å². The first-order valence-electron chi connectivity index (χ1n) is 13.7. The molecule has 0 unspecified atom stereocenters. The van der Waals surface area contributed by atoms with E-state index in [0.29, 0.717) is 29.1 Å². The Labute approximate surface area is 240 Å². The predicted octanol–water partition coefficient (Wildman–Crippen LogP) is 6.06. The zero-order valence-corrected chi connectivity index (χ0v) is 23.2. The van der Waals surface area contributed by atoms with Crippen molar-refractivity contribution in [3.05, 3.63) is 78.4 Å². The summed E-state index contributed by atoms with van der Waals surface area (Å²) in [6, 6.07) is 12.6. The highest BCUT2D eigenvalue weighted by molar-refractivity contribution is 5.98. The van der Waals surface area contributed by atoms with Crippen LogP contribution in [0.1, 0.15) is 37.9 Å². The van der Waals surface area contributed by atoms with E-state index in [-0.39, 0.29) is 23.6 Å². The molecule has 0 aliphatic carbocycles. The van der Waals surface area contributed by atoms with Crippen LogP contribution in [0.5, 0.6) is 11.6 Å². The Morgan fingerprint density at radius 3 is 2.57 bits per heavy atom. The monoisotopic (exact) mass is 580 g/mol. The van der Waals surface area contributed by atoms with Crippen LogP contribution in [0.2, 0.25) is 0 Å². The lowest BCUT2D eigenvalue weighted by Crippen LogP contribution is -2.42. The Kier molecular flexibility index (Phi) is 8.44. The molecule has 0 spiro atoms. The number of hydrogen-bond acceptors (Lipinski definition) is 6. The van der Waals surface area contributed by atoms with E-state index in [4.69, 9.17) is 4.74 Å². The van der Waals surface area contributed by atoms with Crippen molar-refractivity contribution in [3.63, 3.8) is 0 Å². The number of carbonyl (C=O) groups excluding carboxylic acids is 2. The molecule has 0 bridgehead atoms. The molecule has 0 saturated carbocycles. The number of likely N-dealkylation sites (tertiary alicyclic amines) is 1. The van der Waals surface area contributed by atoms with Crippen LogP contribution in [0.25, 0.3) is 10.9 Å². The number of aromatic nitrogens is 3. The lowest BCUT2D eigenvalue weighted by molar-refractivity contribution is -0.137. The second kappa shape index (κ2) is 12.2. The van der Waals surface area contributed by atoms with E-state index in [1.54, 1.807) is 30.3 Å². The SMILES string of the molecule is CC(C)NC(=O)C1CCN(Cc2cc(Oc3ccc4c(ccn4C(=O)Nc4cccc(C(F)(F)F)c4)c3)ncn2)CC1. The van der Waals surface area contributed by atoms with Crippen LogP contribution in [0.15, 0.2) is 67.1 Å². The van der Waals surface area contributed by atoms with E-state index in [0.717, 1.165) is 43.8 Å². The molecule has 5 rings (SSSR count). The fourth-order valence-corrected chi connectivity index (χ4v) is 4.94. The minimum Gasteiger partial charge on any atom is -0.439 e. The predicted molar refractivity (Wildman–Crippen MR) is 151 cm³/mol. The van der Waals surface area contributed by atoms with Crippen molar-refractivity contribution in [3.8, 4) is 11.6 Å². The fourth-order valence-electron chi connectivity index (χ4n) is 4.94. The summed E-state index contributed by atoms with van der Waals surface area (Å²) < 4.78 is 46.4. The maximum Gasteiger partial charge on any atom is 0.416 e. The van der Waals surface area contributed by atoms with Crippen LogP contribution in [0, 0.1) is 5.92 Å². The van der Waals surface area contributed by atoms with Gasteiger partial charge in [0.05, 0.1) is 16.8 Å². The first kappa shape index (κ1) is 29.1. The first-order valence-corrected chi connectivity index (χ1v) is 13.7. The van der Waals surface area contributed by atoms with Gasteiger partial charge >= 0.3 is 12.2 Å². The van der Waals surface area contributed by atoms with Gasteiger partial charge in [0.2, 0.25) is 11.8 Å². The van der Waals surface area contributed by atoms with Crippen molar-refractivity contribution in [1.29, 1.82) is 0 Å². The lowest BCUT2D eigenvalue weighted by Gasteiger charge is -2.31. The summed E-state index contributed by atoms with van der Waals surface area (Å²) in [6.07, 6.45) is 0.0665. The molecule has 2 aromatic carbocycles. The molecule has 2 amide bonds. The van der Waals surface area contributed by atoms with Crippen LogP contribution < -0.4 is 15.4 Å². The van der Waals surface area contributed by atoms with E-state index in [9.17, 15) is 22.8 Å². The van der Waals surface area contributed by atoms with Gasteiger partial charge in [-0.2, -0.15) is 13.2 Å². The van der Waals surface area contributed by atoms with Crippen molar-refractivity contribution >= 4 is 28.5 Å². The average molecular weight is 581 g/mol. The summed E-state index contributed by atoms with van der Waals surface area (Å²) in [5, 5.41) is 6.20. The van der Waals surface area contributed by atoms with Gasteiger partial charge in [-0.15, -0.1) is 0 Å². The van der Waals surface area contributed by atoms with E-state index in [2.05, 4.69) is 25.5 Å². The zero-order chi connectivity index (χ0) is 29.9. The summed E-state index contributed by atoms with van der Waals surface area (Å²) in [7, 11) is 0. The molecule has 1 aliphatic heterocycles. The van der Waals surface area contributed by atoms with Gasteiger partial charge in [-0.3, -0.25) is 14.3 Å². The van der Waals surface area contributed by atoms with Crippen molar-refractivity contribution in [1.82, 2.24) is 24.8 Å². The number of alkyl halides is 3. The largest absolute Gasteiger partial charge is 0.439 e. The Morgan fingerprint density at radius 2 is 1.83 bits per heavy atom. The number of rotatable bonds is 7. The summed E-state index contributed by atoms with van der Waals surface area (Å²) in [5.41, 5.74) is 0.546. The second-order valence-corrected chi connectivity index (χ2v) is 10.6. The number of halogens is 3. The van der Waals surface area contributed by atoms with E-state index in [1.807, 2.05) is 13.8 Å². The maximum atomic E-state index is 13.0. The van der Waals surface area contributed by atoms with E-state index < -0.39 is 17.8 Å². The second-order valence-electron chi connectivity index (χ2n) is 10.6. The average Bonchev–Trinajstić information content (AvgIpc) is 3.36. The number of anilines is 1. The minimum absolute atomic E-state index is 0.0318. The molecule has 220 valence electrons. The van der Waals surface area contributed by atoms with Crippen LogP contribution in [0.3, 0.4) is 0 Å². The fraction of sp³-hybridized carbons (Fsp3) is 0.333. The number of nitrogens with zero attached hydrogens (tertiary/aromatic N) is 4. The van der Waals surface area contributed by atoms with Crippen molar-refractivity contribution in [2.75, 3.05) is 18.4 Å². The van der Waals surface area contributed by atoms with E-state index in [1.165, 1.54) is 29.2 Å². The Hall–Kier alpha value is -4.45. The normalized spacial score (nSPS) is 14.7. The summed E-state index contributed by atoms with van der Waals surface area (Å²) in [6.45, 7) is 6.13. The van der Waals surface area contributed by atoms with E-state index >= 15 is 0 Å². The number of hydrogen-bond donors (Lipinski definition) is 2. The number of amides is 2. The molecule has 9 nitrogen and oxygen atoms in total. The molecule has 0 radical (unpaired) electrons. The molecule has 4 aromatic rings. The number of fused-ring (bicyclic) bond motifs is 1. The third-order valence-corrected chi connectivity index (χ3v) is 7.02. The van der Waals surface area contributed by atoms with Gasteiger partial charge in [-0.1, -0.05) is 6.07 Å². The van der Waals surface area contributed by atoms with Crippen molar-refractivity contribution < 1.29 is 27.5 Å². The van der Waals surface area contributed by atoms with Crippen molar-refractivity contribution in [2.45, 2.75) is 45.5 Å². The molecule has 1 fully saturated rings. The Balaban J connectivity index is 1.20. The topological polar surface area (TPSA) is 101 Å². The minimum atomic E-state index is -4.51. The summed E-state index contributed by atoms with van der Waals surface area (Å²) in [4.78, 5) is 36.0. The third-order valence-electron chi connectivity index (χ3n) is 7.02. The van der Waals surface area contributed by atoms with Gasteiger partial charge < -0.3 is 15.4 Å². The maximum absolute atomic E-state index is 13.0. The molecule has 42 heavy (non-hydrogen) atoms. The molecule has 0 atom stereocenters. The quantitative estimate of drug-likeness (QED) is 0.276. The molecule has 3 heterocycles. The third kappa shape index (κ3) is 7.06.